The van der Waals surface area contributed by atoms with E-state index in [1.165, 1.54) is 25.1 Å². The lowest BCUT2D eigenvalue weighted by molar-refractivity contribution is -0.0979. The fourth-order valence-electron chi connectivity index (χ4n) is 2.08. The predicted octanol–water partition coefficient (Wildman–Crippen LogP) is 7.54. The summed E-state index contributed by atoms with van der Waals surface area (Å²) in [6.45, 7) is 15.3. The van der Waals surface area contributed by atoms with Crippen molar-refractivity contribution in [3.63, 3.8) is 0 Å². The van der Waals surface area contributed by atoms with Gasteiger partial charge in [0, 0.05) is 5.54 Å². The predicted molar refractivity (Wildman–Crippen MR) is 119 cm³/mol. The number of benzene rings is 1. The van der Waals surface area contributed by atoms with E-state index >= 15 is 0 Å². The van der Waals surface area contributed by atoms with Gasteiger partial charge in [-0.1, -0.05) is 39.8 Å². The van der Waals surface area contributed by atoms with Crippen LogP contribution in [0.2, 0.25) is 0 Å². The topological polar surface area (TPSA) is 41.1 Å². The Morgan fingerprint density at radius 3 is 2.10 bits per heavy atom. The van der Waals surface area contributed by atoms with Gasteiger partial charge in [0.25, 0.3) is 0 Å². The molecule has 0 bridgehead atoms. The van der Waals surface area contributed by atoms with Gasteiger partial charge in [-0.25, -0.2) is 13.2 Å². The summed E-state index contributed by atoms with van der Waals surface area (Å²) in [4.78, 5) is 8.00. The van der Waals surface area contributed by atoms with Crippen LogP contribution in [0.25, 0.3) is 0 Å². The number of carbonyl (C=O) groups excluding carboxylic acids is 1. The van der Waals surface area contributed by atoms with E-state index in [-0.39, 0.29) is 16.9 Å². The lowest BCUT2D eigenvalue weighted by Crippen LogP contribution is -2.18. The first kappa shape index (κ1) is 28.7. The molecule has 1 saturated carbocycles. The highest BCUT2D eigenvalue weighted by molar-refractivity contribution is 5.73. The zero-order valence-electron chi connectivity index (χ0n) is 18.6. The quantitative estimate of drug-likeness (QED) is 0.474. The van der Waals surface area contributed by atoms with Crippen LogP contribution in [0, 0.1) is 11.6 Å². The highest BCUT2D eigenvalue weighted by Gasteiger charge is 2.38. The normalized spacial score (nSPS) is 14.4. The molecule has 0 heterocycles. The Morgan fingerprint density at radius 1 is 1.10 bits per heavy atom. The van der Waals surface area contributed by atoms with Gasteiger partial charge in [-0.3, -0.25) is 0 Å². The first-order chi connectivity index (χ1) is 13.9. The molecule has 1 aliphatic carbocycles. The number of carbonyl (C=O) groups is 1. The molecular formula is C23H35F3N2O. The summed E-state index contributed by atoms with van der Waals surface area (Å²) < 4.78 is 41.8. The standard InChI is InChI=1S/C18H21F3N2.2C2H6.CH2O/c1-4-6-7-14(12(19)5-2)22-17-15(23-18(3)10-11-18)9-8-13(20)16(17)21;3*1-2/h4-9,22-23H,10-11H2,1-3H3;2*1-2H3;1H2/b6-4+,12-5+,14-7+;;;. The van der Waals surface area contributed by atoms with Gasteiger partial charge in [0.1, 0.15) is 18.3 Å². The van der Waals surface area contributed by atoms with E-state index in [0.29, 0.717) is 5.69 Å². The molecule has 29 heavy (non-hydrogen) atoms. The van der Waals surface area contributed by atoms with E-state index in [1.54, 1.807) is 19.1 Å². The van der Waals surface area contributed by atoms with Crippen molar-refractivity contribution in [1.29, 1.82) is 0 Å². The summed E-state index contributed by atoms with van der Waals surface area (Å²) in [7, 11) is 0. The third kappa shape index (κ3) is 9.50. The van der Waals surface area contributed by atoms with Crippen LogP contribution in [-0.2, 0) is 4.79 Å². The summed E-state index contributed by atoms with van der Waals surface area (Å²) in [5.74, 6) is -2.56. The summed E-state index contributed by atoms with van der Waals surface area (Å²) in [5.41, 5.74) is 0.275. The van der Waals surface area contributed by atoms with Crippen LogP contribution in [0.4, 0.5) is 24.5 Å². The van der Waals surface area contributed by atoms with E-state index in [2.05, 4.69) is 10.6 Å². The number of hydrogen-bond donors (Lipinski definition) is 2. The van der Waals surface area contributed by atoms with E-state index in [0.717, 1.165) is 18.9 Å². The van der Waals surface area contributed by atoms with E-state index in [4.69, 9.17) is 4.79 Å². The Balaban J connectivity index is 0. The highest BCUT2D eigenvalue weighted by atomic mass is 19.2. The smallest absolute Gasteiger partial charge is 0.184 e. The second-order valence-electron chi connectivity index (χ2n) is 5.84. The highest BCUT2D eigenvalue weighted by Crippen LogP contribution is 2.41. The lowest BCUT2D eigenvalue weighted by atomic mass is 10.2. The van der Waals surface area contributed by atoms with Gasteiger partial charge >= 0.3 is 0 Å². The number of hydrogen-bond acceptors (Lipinski definition) is 3. The molecule has 0 saturated heterocycles. The van der Waals surface area contributed by atoms with Crippen LogP contribution in [0.1, 0.15) is 61.3 Å². The fraction of sp³-hybridized carbons (Fsp3) is 0.435. The van der Waals surface area contributed by atoms with Gasteiger partial charge in [-0.2, -0.15) is 0 Å². The first-order valence-electron chi connectivity index (χ1n) is 9.87. The number of anilines is 2. The maximum absolute atomic E-state index is 14.2. The second kappa shape index (κ2) is 15.4. The molecule has 1 fully saturated rings. The van der Waals surface area contributed by atoms with Gasteiger partial charge in [-0.15, -0.1) is 0 Å². The van der Waals surface area contributed by atoms with E-state index in [1.807, 2.05) is 41.4 Å². The first-order valence-corrected chi connectivity index (χ1v) is 9.87. The molecule has 0 atom stereocenters. The van der Waals surface area contributed by atoms with Crippen molar-refractivity contribution >= 4 is 18.2 Å². The van der Waals surface area contributed by atoms with Crippen LogP contribution in [0.3, 0.4) is 0 Å². The lowest BCUT2D eigenvalue weighted by Gasteiger charge is -2.19. The molecule has 164 valence electrons. The minimum atomic E-state index is -1.03. The van der Waals surface area contributed by atoms with Gasteiger partial charge < -0.3 is 15.4 Å². The number of allylic oxidation sites excluding steroid dienone is 5. The second-order valence-corrected chi connectivity index (χ2v) is 5.84. The van der Waals surface area contributed by atoms with Crippen molar-refractivity contribution in [1.82, 2.24) is 0 Å². The number of rotatable bonds is 6. The molecule has 0 aromatic heterocycles. The molecule has 3 nitrogen and oxygen atoms in total. The summed E-state index contributed by atoms with van der Waals surface area (Å²) >= 11 is 0. The molecule has 1 aromatic carbocycles. The Hall–Kier alpha value is -2.50. The zero-order valence-corrected chi connectivity index (χ0v) is 18.6. The van der Waals surface area contributed by atoms with Crippen LogP contribution in [0.5, 0.6) is 0 Å². The maximum atomic E-state index is 14.2. The summed E-state index contributed by atoms with van der Waals surface area (Å²) in [6.07, 6.45) is 7.98. The van der Waals surface area contributed by atoms with Crippen molar-refractivity contribution in [3.8, 4) is 0 Å². The zero-order chi connectivity index (χ0) is 23.0. The van der Waals surface area contributed by atoms with Crippen LogP contribution in [-0.4, -0.2) is 12.3 Å². The molecule has 2 N–H and O–H groups in total. The molecule has 2 rings (SSSR count). The molecule has 0 spiro atoms. The molecule has 1 aromatic rings. The largest absolute Gasteiger partial charge is 0.378 e. The Kier molecular flexibility index (Phi) is 15.3. The molecule has 0 aliphatic heterocycles. The maximum Gasteiger partial charge on any atom is 0.184 e. The van der Waals surface area contributed by atoms with Crippen molar-refractivity contribution < 1.29 is 18.0 Å². The molecule has 0 unspecified atom stereocenters. The molecule has 0 radical (unpaired) electrons. The molecule has 1 aliphatic rings. The van der Waals surface area contributed by atoms with E-state index < -0.39 is 17.5 Å². The fourth-order valence-corrected chi connectivity index (χ4v) is 2.08. The van der Waals surface area contributed by atoms with Crippen LogP contribution in [0.15, 0.2) is 48.0 Å². The molecular weight excluding hydrogens is 377 g/mol. The van der Waals surface area contributed by atoms with Gasteiger partial charge in [0.05, 0.1) is 11.4 Å². The van der Waals surface area contributed by atoms with Gasteiger partial charge in [0.15, 0.2) is 11.6 Å². The number of nitrogens with one attached hydrogen (secondary N) is 2. The Labute approximate surface area is 173 Å². The van der Waals surface area contributed by atoms with Crippen molar-refractivity contribution in [2.75, 3.05) is 10.6 Å². The van der Waals surface area contributed by atoms with Crippen molar-refractivity contribution in [3.05, 3.63) is 59.6 Å². The summed E-state index contributed by atoms with van der Waals surface area (Å²) in [5, 5.41) is 5.87. The van der Waals surface area contributed by atoms with Gasteiger partial charge in [0.2, 0.25) is 0 Å². The van der Waals surface area contributed by atoms with Gasteiger partial charge in [-0.05, 0) is 57.9 Å². The Bertz CT molecular complexity index is 694. The molecule has 0 amide bonds. The van der Waals surface area contributed by atoms with Crippen LogP contribution < -0.4 is 10.6 Å². The minimum Gasteiger partial charge on any atom is -0.378 e. The van der Waals surface area contributed by atoms with Crippen LogP contribution >= 0.6 is 0 Å². The third-order valence-corrected chi connectivity index (χ3v) is 3.76. The summed E-state index contributed by atoms with van der Waals surface area (Å²) in [6, 6.07) is 2.53. The average molecular weight is 413 g/mol. The van der Waals surface area contributed by atoms with Crippen molar-refractivity contribution in [2.24, 2.45) is 0 Å². The molecule has 6 heteroatoms. The van der Waals surface area contributed by atoms with E-state index in [9.17, 15) is 13.2 Å². The monoisotopic (exact) mass is 412 g/mol. The minimum absolute atomic E-state index is 0.0686. The number of halogens is 3. The third-order valence-electron chi connectivity index (χ3n) is 3.76. The average Bonchev–Trinajstić information content (AvgIpc) is 3.50. The van der Waals surface area contributed by atoms with Crippen molar-refractivity contribution in [2.45, 2.75) is 66.8 Å². The Morgan fingerprint density at radius 2 is 1.66 bits per heavy atom. The SMILES string of the molecule is C/C=C/C=C(Nc1c(NC2(C)CC2)ccc(F)c1F)\C(F)=C/C.C=O.CC.CC.